The van der Waals surface area contributed by atoms with Gasteiger partial charge in [0, 0.05) is 46.7 Å². The molecule has 3 aromatic rings. The highest BCUT2D eigenvalue weighted by molar-refractivity contribution is 9.10. The second-order valence-electron chi connectivity index (χ2n) is 6.93. The number of fused-ring (bicyclic) bond motifs is 3. The molecule has 29 heavy (non-hydrogen) atoms. The average molecular weight is 455 g/mol. The van der Waals surface area contributed by atoms with Gasteiger partial charge in [-0.1, -0.05) is 18.2 Å². The van der Waals surface area contributed by atoms with Crippen LogP contribution in [0.2, 0.25) is 0 Å². The fourth-order valence-electron chi connectivity index (χ4n) is 3.73. The minimum Gasteiger partial charge on any atom is -0.493 e. The predicted molar refractivity (Wildman–Crippen MR) is 118 cm³/mol. The quantitative estimate of drug-likeness (QED) is 0.555. The molecule has 1 amide bonds. The third-order valence-electron chi connectivity index (χ3n) is 5.18. The Balaban J connectivity index is 1.52. The maximum absolute atomic E-state index is 12.8. The van der Waals surface area contributed by atoms with Gasteiger partial charge in [-0.25, -0.2) is 0 Å². The van der Waals surface area contributed by atoms with Crippen LogP contribution in [0.5, 0.6) is 11.5 Å². The van der Waals surface area contributed by atoms with Gasteiger partial charge in [-0.2, -0.15) is 0 Å². The van der Waals surface area contributed by atoms with E-state index in [1.54, 1.807) is 13.2 Å². The van der Waals surface area contributed by atoms with Crippen LogP contribution in [0.3, 0.4) is 0 Å². The first-order valence-electron chi connectivity index (χ1n) is 9.66. The highest BCUT2D eigenvalue weighted by Gasteiger charge is 2.23. The van der Waals surface area contributed by atoms with E-state index in [1.807, 2.05) is 48.2 Å². The Morgan fingerprint density at radius 1 is 1.28 bits per heavy atom. The van der Waals surface area contributed by atoms with Gasteiger partial charge in [0.2, 0.25) is 5.91 Å². The maximum Gasteiger partial charge on any atom is 0.246 e. The smallest absolute Gasteiger partial charge is 0.246 e. The van der Waals surface area contributed by atoms with Crippen molar-refractivity contribution in [2.45, 2.75) is 19.9 Å². The predicted octanol–water partition coefficient (Wildman–Crippen LogP) is 4.94. The molecule has 6 heteroatoms. The molecule has 0 atom stereocenters. The Bertz CT molecular complexity index is 1090. The molecule has 4 rings (SSSR count). The van der Waals surface area contributed by atoms with E-state index in [2.05, 4.69) is 27.0 Å². The molecule has 0 spiro atoms. The number of nitrogens with zero attached hydrogens (tertiary/aromatic N) is 1. The van der Waals surface area contributed by atoms with E-state index in [0.29, 0.717) is 31.2 Å². The van der Waals surface area contributed by atoms with E-state index in [0.717, 1.165) is 22.0 Å². The summed E-state index contributed by atoms with van der Waals surface area (Å²) in [7, 11) is 1.62. The zero-order valence-corrected chi connectivity index (χ0v) is 18.1. The fourth-order valence-corrected chi connectivity index (χ4v) is 4.19. The second kappa shape index (κ2) is 8.33. The summed E-state index contributed by atoms with van der Waals surface area (Å²) in [6, 6.07) is 11.8. The molecule has 1 N–H and O–H groups in total. The Kier molecular flexibility index (Phi) is 5.62. The number of rotatable bonds is 5. The lowest BCUT2D eigenvalue weighted by molar-refractivity contribution is -0.126. The molecular formula is C23H23BrN2O3. The fraction of sp³-hybridized carbons (Fsp3) is 0.261. The Labute approximate surface area is 178 Å². The maximum atomic E-state index is 12.8. The van der Waals surface area contributed by atoms with Crippen LogP contribution in [0.1, 0.15) is 23.7 Å². The second-order valence-corrected chi connectivity index (χ2v) is 7.79. The number of aromatic nitrogens is 1. The average Bonchev–Trinajstić information content (AvgIpc) is 3.12. The van der Waals surface area contributed by atoms with E-state index in [9.17, 15) is 4.79 Å². The third kappa shape index (κ3) is 3.90. The SMILES string of the molecule is CCOc1cc(/C=C/C(=O)N2CCc3[nH]c4c(Br)cccc4c3C2)ccc1OC. The van der Waals surface area contributed by atoms with Crippen LogP contribution in [0.15, 0.2) is 46.9 Å². The minimum atomic E-state index is 0.00812. The van der Waals surface area contributed by atoms with Crippen LogP contribution in [0.25, 0.3) is 17.0 Å². The van der Waals surface area contributed by atoms with E-state index >= 15 is 0 Å². The Hall–Kier alpha value is -2.73. The molecule has 1 aliphatic rings. The van der Waals surface area contributed by atoms with E-state index < -0.39 is 0 Å². The van der Waals surface area contributed by atoms with Gasteiger partial charge >= 0.3 is 0 Å². The van der Waals surface area contributed by atoms with Crippen molar-refractivity contribution in [3.8, 4) is 11.5 Å². The van der Waals surface area contributed by atoms with Crippen molar-refractivity contribution >= 4 is 38.8 Å². The number of hydrogen-bond donors (Lipinski definition) is 1. The van der Waals surface area contributed by atoms with Gasteiger partial charge in [-0.05, 0) is 52.7 Å². The minimum absolute atomic E-state index is 0.00812. The number of nitrogens with one attached hydrogen (secondary N) is 1. The van der Waals surface area contributed by atoms with Gasteiger partial charge in [0.15, 0.2) is 11.5 Å². The van der Waals surface area contributed by atoms with Gasteiger partial charge in [0.1, 0.15) is 0 Å². The number of halogens is 1. The lowest BCUT2D eigenvalue weighted by Crippen LogP contribution is -2.34. The number of methoxy groups -OCH3 is 1. The summed E-state index contributed by atoms with van der Waals surface area (Å²) >= 11 is 3.60. The van der Waals surface area contributed by atoms with Crippen molar-refractivity contribution in [3.05, 3.63) is 63.8 Å². The van der Waals surface area contributed by atoms with Crippen molar-refractivity contribution in [1.29, 1.82) is 0 Å². The molecule has 0 bridgehead atoms. The number of para-hydroxylation sites is 1. The molecule has 150 valence electrons. The van der Waals surface area contributed by atoms with Gasteiger partial charge in [0.05, 0.1) is 19.2 Å². The molecule has 2 heterocycles. The first kappa shape index (κ1) is 19.6. The van der Waals surface area contributed by atoms with Crippen LogP contribution in [0.4, 0.5) is 0 Å². The molecule has 0 saturated heterocycles. The molecule has 0 aliphatic carbocycles. The molecule has 1 aromatic heterocycles. The first-order chi connectivity index (χ1) is 14.1. The van der Waals surface area contributed by atoms with Crippen LogP contribution in [-0.2, 0) is 17.8 Å². The zero-order chi connectivity index (χ0) is 20.4. The van der Waals surface area contributed by atoms with E-state index in [4.69, 9.17) is 9.47 Å². The number of amides is 1. The van der Waals surface area contributed by atoms with Crippen molar-refractivity contribution < 1.29 is 14.3 Å². The molecule has 0 fully saturated rings. The lowest BCUT2D eigenvalue weighted by atomic mass is 10.0. The summed E-state index contributed by atoms with van der Waals surface area (Å²) in [4.78, 5) is 18.2. The van der Waals surface area contributed by atoms with Gasteiger partial charge in [-0.15, -0.1) is 0 Å². The molecule has 2 aromatic carbocycles. The van der Waals surface area contributed by atoms with Crippen molar-refractivity contribution in [2.24, 2.45) is 0 Å². The summed E-state index contributed by atoms with van der Waals surface area (Å²) < 4.78 is 12.0. The van der Waals surface area contributed by atoms with Gasteiger partial charge < -0.3 is 19.4 Å². The van der Waals surface area contributed by atoms with Gasteiger partial charge in [-0.3, -0.25) is 4.79 Å². The largest absolute Gasteiger partial charge is 0.493 e. The number of aromatic amines is 1. The molecule has 1 aliphatic heterocycles. The molecular weight excluding hydrogens is 432 g/mol. The first-order valence-corrected chi connectivity index (χ1v) is 10.5. The summed E-state index contributed by atoms with van der Waals surface area (Å²) in [5.74, 6) is 1.37. The van der Waals surface area contributed by atoms with Crippen LogP contribution in [0, 0.1) is 0 Å². The van der Waals surface area contributed by atoms with Crippen molar-refractivity contribution in [2.75, 3.05) is 20.3 Å². The van der Waals surface area contributed by atoms with Crippen molar-refractivity contribution in [3.63, 3.8) is 0 Å². The normalized spacial score (nSPS) is 13.7. The number of carbonyl (C=O) groups is 1. The Morgan fingerprint density at radius 2 is 2.14 bits per heavy atom. The van der Waals surface area contributed by atoms with E-state index in [1.165, 1.54) is 16.6 Å². The standard InChI is InChI=1S/C23H23BrN2O3/c1-3-29-21-13-15(7-9-20(21)28-2)8-10-22(27)26-12-11-19-17(14-26)16-5-4-6-18(24)23(16)25-19/h4-10,13,25H,3,11-12,14H2,1-2H3/b10-8+. The van der Waals surface area contributed by atoms with E-state index in [-0.39, 0.29) is 5.91 Å². The number of ether oxygens (including phenoxy) is 2. The monoisotopic (exact) mass is 454 g/mol. The zero-order valence-electron chi connectivity index (χ0n) is 16.5. The van der Waals surface area contributed by atoms with Crippen molar-refractivity contribution in [1.82, 2.24) is 9.88 Å². The molecule has 0 radical (unpaired) electrons. The molecule has 5 nitrogen and oxygen atoms in total. The topological polar surface area (TPSA) is 54.6 Å². The van der Waals surface area contributed by atoms with Crippen LogP contribution < -0.4 is 9.47 Å². The number of carbonyl (C=O) groups excluding carboxylic acids is 1. The summed E-state index contributed by atoms with van der Waals surface area (Å²) in [6.07, 6.45) is 4.28. The van der Waals surface area contributed by atoms with Crippen LogP contribution >= 0.6 is 15.9 Å². The summed E-state index contributed by atoms with van der Waals surface area (Å²) in [5.41, 5.74) is 4.43. The van der Waals surface area contributed by atoms with Gasteiger partial charge in [0.25, 0.3) is 0 Å². The number of hydrogen-bond acceptors (Lipinski definition) is 3. The molecule has 0 saturated carbocycles. The van der Waals surface area contributed by atoms with Crippen LogP contribution in [-0.4, -0.2) is 36.1 Å². The third-order valence-corrected chi connectivity index (χ3v) is 5.84. The lowest BCUT2D eigenvalue weighted by Gasteiger charge is -2.26. The highest BCUT2D eigenvalue weighted by Crippen LogP contribution is 2.32. The Morgan fingerprint density at radius 3 is 2.93 bits per heavy atom. The summed E-state index contributed by atoms with van der Waals surface area (Å²) in [6.45, 7) is 3.80. The number of benzene rings is 2. The number of H-pyrrole nitrogens is 1. The molecule has 0 unspecified atom stereocenters. The summed E-state index contributed by atoms with van der Waals surface area (Å²) in [5, 5.41) is 1.17. The highest BCUT2D eigenvalue weighted by atomic mass is 79.9.